The van der Waals surface area contributed by atoms with Crippen molar-refractivity contribution in [3.63, 3.8) is 0 Å². The summed E-state index contributed by atoms with van der Waals surface area (Å²) in [6, 6.07) is 4.73. The van der Waals surface area contributed by atoms with Crippen LogP contribution in [0.15, 0.2) is 24.3 Å². The number of carboxylic acid groups (broad SMARTS) is 1. The molecule has 0 bridgehead atoms. The van der Waals surface area contributed by atoms with Crippen molar-refractivity contribution in [2.45, 2.75) is 6.92 Å². The van der Waals surface area contributed by atoms with E-state index < -0.39 is 5.97 Å². The monoisotopic (exact) mass is 230 g/mol. The number of carbonyl (C=O) groups is 1. The van der Waals surface area contributed by atoms with Crippen LogP contribution in [0.4, 0.5) is 0 Å². The van der Waals surface area contributed by atoms with Gasteiger partial charge in [-0.2, -0.15) is 0 Å². The van der Waals surface area contributed by atoms with Gasteiger partial charge in [-0.1, -0.05) is 35.3 Å². The third-order valence-electron chi connectivity index (χ3n) is 1.75. The number of aliphatic carboxylic acids is 1. The molecule has 0 heterocycles. The number of allylic oxidation sites excluding steroid dienone is 1. The number of hydrogen-bond donors (Lipinski definition) is 1. The van der Waals surface area contributed by atoms with Gasteiger partial charge in [-0.15, -0.1) is 0 Å². The molecule has 1 N–H and O–H groups in total. The molecule has 0 aromatic heterocycles. The van der Waals surface area contributed by atoms with Crippen LogP contribution in [0.2, 0.25) is 10.0 Å². The fourth-order valence-electron chi connectivity index (χ4n) is 1.08. The lowest BCUT2D eigenvalue weighted by molar-refractivity contribution is -0.130. The minimum atomic E-state index is -0.981. The van der Waals surface area contributed by atoms with Gasteiger partial charge in [0.15, 0.2) is 0 Å². The van der Waals surface area contributed by atoms with E-state index in [9.17, 15) is 4.79 Å². The van der Waals surface area contributed by atoms with Crippen molar-refractivity contribution < 1.29 is 9.90 Å². The largest absolute Gasteiger partial charge is 0.478 e. The second-order valence-electron chi connectivity index (χ2n) is 2.64. The molecule has 4 heteroatoms. The Morgan fingerprint density at radius 3 is 2.43 bits per heavy atom. The fraction of sp³-hybridized carbons (Fsp3) is 0.100. The molecule has 0 saturated heterocycles. The zero-order valence-corrected chi connectivity index (χ0v) is 8.93. The molecule has 1 aromatic rings. The third kappa shape index (κ3) is 2.28. The molecule has 14 heavy (non-hydrogen) atoms. The molecule has 0 saturated carbocycles. The van der Waals surface area contributed by atoms with Crippen LogP contribution in [-0.4, -0.2) is 11.1 Å². The van der Waals surface area contributed by atoms with Gasteiger partial charge in [0.1, 0.15) is 0 Å². The van der Waals surface area contributed by atoms with Gasteiger partial charge in [-0.25, -0.2) is 4.79 Å². The number of carboxylic acids is 1. The maximum absolute atomic E-state index is 10.8. The first-order valence-electron chi connectivity index (χ1n) is 3.91. The topological polar surface area (TPSA) is 37.3 Å². The lowest BCUT2D eigenvalue weighted by atomic mass is 10.1. The van der Waals surface area contributed by atoms with E-state index >= 15 is 0 Å². The summed E-state index contributed by atoms with van der Waals surface area (Å²) in [6.45, 7) is 1.66. The fourth-order valence-corrected chi connectivity index (χ4v) is 1.38. The van der Waals surface area contributed by atoms with Crippen LogP contribution in [0.1, 0.15) is 12.5 Å². The molecule has 0 radical (unpaired) electrons. The number of benzene rings is 1. The highest BCUT2D eigenvalue weighted by Crippen LogP contribution is 2.26. The Balaban J connectivity index is 3.20. The summed E-state index contributed by atoms with van der Waals surface area (Å²) in [5.41, 5.74) is 0.762. The van der Waals surface area contributed by atoms with Crippen LogP contribution in [0.25, 0.3) is 5.57 Å². The quantitative estimate of drug-likeness (QED) is 0.791. The SMILES string of the molecule is C/C=C(\C(=O)O)c1ccc(Cl)c(Cl)c1. The Morgan fingerprint density at radius 1 is 1.36 bits per heavy atom. The summed E-state index contributed by atoms with van der Waals surface area (Å²) >= 11 is 11.5. The molecular weight excluding hydrogens is 223 g/mol. The van der Waals surface area contributed by atoms with Crippen LogP contribution >= 0.6 is 23.2 Å². The van der Waals surface area contributed by atoms with Crippen molar-refractivity contribution in [3.05, 3.63) is 39.9 Å². The number of rotatable bonds is 2. The predicted octanol–water partition coefficient (Wildman–Crippen LogP) is 3.48. The first-order valence-corrected chi connectivity index (χ1v) is 4.67. The van der Waals surface area contributed by atoms with E-state index in [1.165, 1.54) is 12.1 Å². The van der Waals surface area contributed by atoms with E-state index in [2.05, 4.69) is 0 Å². The standard InChI is InChI=1S/C10H8Cl2O2/c1-2-7(10(13)14)6-3-4-8(11)9(12)5-6/h2-5H,1H3,(H,13,14)/b7-2-. The molecular formula is C10H8Cl2O2. The van der Waals surface area contributed by atoms with Gasteiger partial charge >= 0.3 is 5.97 Å². The Morgan fingerprint density at radius 2 is 2.00 bits per heavy atom. The molecule has 0 unspecified atom stereocenters. The van der Waals surface area contributed by atoms with Crippen molar-refractivity contribution in [1.29, 1.82) is 0 Å². The molecule has 0 atom stereocenters. The summed E-state index contributed by atoms with van der Waals surface area (Å²) in [7, 11) is 0. The average molecular weight is 231 g/mol. The van der Waals surface area contributed by atoms with Crippen LogP contribution < -0.4 is 0 Å². The first kappa shape index (κ1) is 11.1. The predicted molar refractivity (Wildman–Crippen MR) is 57.7 cm³/mol. The van der Waals surface area contributed by atoms with Gasteiger partial charge in [0, 0.05) is 0 Å². The van der Waals surface area contributed by atoms with Crippen LogP contribution in [0.3, 0.4) is 0 Å². The summed E-state index contributed by atoms with van der Waals surface area (Å²) in [4.78, 5) is 10.8. The summed E-state index contributed by atoms with van der Waals surface area (Å²) in [6.07, 6.45) is 1.52. The molecule has 0 spiro atoms. The van der Waals surface area contributed by atoms with Gasteiger partial charge in [0.05, 0.1) is 15.6 Å². The van der Waals surface area contributed by atoms with Crippen molar-refractivity contribution in [2.24, 2.45) is 0 Å². The number of halogens is 2. The zero-order valence-electron chi connectivity index (χ0n) is 7.42. The van der Waals surface area contributed by atoms with Crippen molar-refractivity contribution >= 4 is 34.7 Å². The van der Waals surface area contributed by atoms with Crippen LogP contribution in [-0.2, 0) is 4.79 Å². The Bertz CT molecular complexity index is 397. The molecule has 0 amide bonds. The van der Waals surface area contributed by atoms with Crippen LogP contribution in [0.5, 0.6) is 0 Å². The van der Waals surface area contributed by atoms with Gasteiger partial charge in [-0.05, 0) is 24.6 Å². The maximum Gasteiger partial charge on any atom is 0.335 e. The summed E-state index contributed by atoms with van der Waals surface area (Å²) < 4.78 is 0. The van der Waals surface area contributed by atoms with E-state index in [1.807, 2.05) is 0 Å². The van der Waals surface area contributed by atoms with E-state index in [1.54, 1.807) is 19.1 Å². The summed E-state index contributed by atoms with van der Waals surface area (Å²) in [5, 5.41) is 9.61. The second-order valence-corrected chi connectivity index (χ2v) is 3.45. The van der Waals surface area contributed by atoms with Crippen LogP contribution in [0, 0.1) is 0 Å². The van der Waals surface area contributed by atoms with Gasteiger partial charge < -0.3 is 5.11 Å². The van der Waals surface area contributed by atoms with E-state index in [4.69, 9.17) is 28.3 Å². The third-order valence-corrected chi connectivity index (χ3v) is 2.49. The summed E-state index contributed by atoms with van der Waals surface area (Å²) in [5.74, 6) is -0.981. The minimum Gasteiger partial charge on any atom is -0.478 e. The maximum atomic E-state index is 10.8. The lowest BCUT2D eigenvalue weighted by Crippen LogP contribution is -1.99. The molecule has 2 nitrogen and oxygen atoms in total. The molecule has 1 aromatic carbocycles. The van der Waals surface area contributed by atoms with Gasteiger partial charge in [0.2, 0.25) is 0 Å². The molecule has 0 aliphatic rings. The van der Waals surface area contributed by atoms with Crippen molar-refractivity contribution in [2.75, 3.05) is 0 Å². The zero-order chi connectivity index (χ0) is 10.7. The smallest absolute Gasteiger partial charge is 0.335 e. The normalized spacial score (nSPS) is 11.5. The highest BCUT2D eigenvalue weighted by atomic mass is 35.5. The second kappa shape index (κ2) is 4.49. The Hall–Kier alpha value is -0.990. The van der Waals surface area contributed by atoms with E-state index in [-0.39, 0.29) is 5.57 Å². The highest BCUT2D eigenvalue weighted by molar-refractivity contribution is 6.42. The average Bonchev–Trinajstić information content (AvgIpc) is 2.11. The highest BCUT2D eigenvalue weighted by Gasteiger charge is 2.10. The molecule has 0 aliphatic carbocycles. The number of hydrogen-bond acceptors (Lipinski definition) is 1. The minimum absolute atomic E-state index is 0.212. The lowest BCUT2D eigenvalue weighted by Gasteiger charge is -2.03. The molecule has 0 fully saturated rings. The molecule has 1 rings (SSSR count). The van der Waals surface area contributed by atoms with E-state index in [0.717, 1.165) is 0 Å². The van der Waals surface area contributed by atoms with E-state index in [0.29, 0.717) is 15.6 Å². The molecule has 74 valence electrons. The van der Waals surface area contributed by atoms with Crippen molar-refractivity contribution in [3.8, 4) is 0 Å². The van der Waals surface area contributed by atoms with Gasteiger partial charge in [-0.3, -0.25) is 0 Å². The first-order chi connectivity index (χ1) is 6.56. The van der Waals surface area contributed by atoms with Gasteiger partial charge in [0.25, 0.3) is 0 Å². The Kier molecular flexibility index (Phi) is 3.55. The Labute approximate surface area is 91.8 Å². The van der Waals surface area contributed by atoms with Crippen molar-refractivity contribution in [1.82, 2.24) is 0 Å². The molecule has 0 aliphatic heterocycles.